The van der Waals surface area contributed by atoms with Crippen LogP contribution in [0.4, 0.5) is 4.39 Å². The normalized spacial score (nSPS) is 15.2. The minimum absolute atomic E-state index is 0.0625. The number of amides is 1. The van der Waals surface area contributed by atoms with Crippen molar-refractivity contribution in [1.29, 1.82) is 0 Å². The molecule has 3 N–H and O–H groups in total. The minimum Gasteiger partial charge on any atom is -0.410 e. The van der Waals surface area contributed by atoms with Crippen LogP contribution < -0.4 is 5.32 Å². The molecule has 1 amide bonds. The maximum absolute atomic E-state index is 13.0. The lowest BCUT2D eigenvalue weighted by atomic mass is 10.0. The second-order valence-electron chi connectivity index (χ2n) is 4.71. The Bertz CT molecular complexity index is 658. The Morgan fingerprint density at radius 1 is 1.36 bits per heavy atom. The molecule has 1 aromatic carbocycles. The fourth-order valence-corrected chi connectivity index (χ4v) is 2.30. The van der Waals surface area contributed by atoms with Crippen LogP contribution >= 0.6 is 0 Å². The number of carbonyl (C=O) groups excluding carboxylic acids is 1. The van der Waals surface area contributed by atoms with Crippen LogP contribution in [0, 0.1) is 0 Å². The molecule has 9 heteroatoms. The fraction of sp³-hybridized carbons (Fsp3) is 0.385. The first-order valence-electron chi connectivity index (χ1n) is 6.24. The van der Waals surface area contributed by atoms with Gasteiger partial charge in [0.15, 0.2) is 9.84 Å². The number of sulfone groups is 1. The summed E-state index contributed by atoms with van der Waals surface area (Å²) in [5, 5.41) is 23.4. The fourth-order valence-electron chi connectivity index (χ4n) is 1.66. The number of rotatable bonds is 6. The van der Waals surface area contributed by atoms with Gasteiger partial charge in [-0.25, -0.2) is 12.8 Å². The molecule has 0 aliphatic heterocycles. The van der Waals surface area contributed by atoms with E-state index >= 15 is 0 Å². The highest BCUT2D eigenvalue weighted by Gasteiger charge is 2.24. The lowest BCUT2D eigenvalue weighted by Crippen LogP contribution is -2.43. The summed E-state index contributed by atoms with van der Waals surface area (Å²) in [5.74, 6) is -0.822. The highest BCUT2D eigenvalue weighted by Crippen LogP contribution is 2.20. The summed E-state index contributed by atoms with van der Waals surface area (Å²) in [7, 11) is -3.37. The smallest absolute Gasteiger partial charge is 0.269 e. The van der Waals surface area contributed by atoms with Crippen molar-refractivity contribution in [3.05, 3.63) is 29.8 Å². The number of halogens is 1. The van der Waals surface area contributed by atoms with Crippen molar-refractivity contribution in [1.82, 2.24) is 5.32 Å². The van der Waals surface area contributed by atoms with E-state index in [1.807, 2.05) is 0 Å². The van der Waals surface area contributed by atoms with Crippen LogP contribution in [0.25, 0.3) is 0 Å². The van der Waals surface area contributed by atoms with Gasteiger partial charge in [0, 0.05) is 6.26 Å². The zero-order valence-electron chi connectivity index (χ0n) is 12.0. The van der Waals surface area contributed by atoms with Crippen molar-refractivity contribution in [2.75, 3.05) is 12.9 Å². The third-order valence-electron chi connectivity index (χ3n) is 2.99. The number of carbonyl (C=O) groups is 1. The van der Waals surface area contributed by atoms with Crippen LogP contribution in [0.2, 0.25) is 0 Å². The quantitative estimate of drug-likeness (QED) is 0.397. The molecular formula is C13H17FN2O5S. The van der Waals surface area contributed by atoms with Gasteiger partial charge in [0.25, 0.3) is 5.91 Å². The third-order valence-corrected chi connectivity index (χ3v) is 4.12. The van der Waals surface area contributed by atoms with Gasteiger partial charge in [0.1, 0.15) is 18.5 Å². The van der Waals surface area contributed by atoms with E-state index in [4.69, 9.17) is 5.21 Å². The molecule has 0 bridgehead atoms. The molecule has 122 valence electrons. The molecule has 0 radical (unpaired) electrons. The first kappa shape index (κ1) is 18.1. The number of nitrogens with zero attached hydrogens (tertiary/aromatic N) is 1. The van der Waals surface area contributed by atoms with Crippen molar-refractivity contribution < 1.29 is 27.9 Å². The molecule has 0 unspecified atom stereocenters. The van der Waals surface area contributed by atoms with E-state index in [1.54, 1.807) is 0 Å². The standard InChI is InChI=1S/C13H17FN2O5S/c1-8(16-19)13(18)15-11(7-14)12(17)9-3-5-10(6-4-9)22(2,20)21/h3-6,11-12,17,19H,7H2,1-2H3,(H,15,18)/t11-,12-/m1/s1. The van der Waals surface area contributed by atoms with Crippen molar-refractivity contribution in [2.45, 2.75) is 24.0 Å². The third kappa shape index (κ3) is 4.50. The molecular weight excluding hydrogens is 315 g/mol. The summed E-state index contributed by atoms with van der Waals surface area (Å²) in [6.07, 6.45) is -0.339. The average Bonchev–Trinajstić information content (AvgIpc) is 2.50. The highest BCUT2D eigenvalue weighted by atomic mass is 32.2. The molecule has 0 aliphatic rings. The summed E-state index contributed by atoms with van der Waals surface area (Å²) < 4.78 is 35.7. The Kier molecular flexibility index (Phi) is 6.01. The lowest BCUT2D eigenvalue weighted by Gasteiger charge is -2.21. The topological polar surface area (TPSA) is 116 Å². The SMILES string of the molecule is CC(=NO)C(=O)N[C@H](CF)[C@H](O)c1ccc(S(C)(=O)=O)cc1. The lowest BCUT2D eigenvalue weighted by molar-refractivity contribution is -0.116. The molecule has 1 rings (SSSR count). The molecule has 0 aromatic heterocycles. The van der Waals surface area contributed by atoms with E-state index < -0.39 is 34.6 Å². The maximum Gasteiger partial charge on any atom is 0.269 e. The van der Waals surface area contributed by atoms with Crippen LogP contribution in [-0.2, 0) is 14.6 Å². The predicted molar refractivity (Wildman–Crippen MR) is 77.3 cm³/mol. The van der Waals surface area contributed by atoms with E-state index in [-0.39, 0.29) is 16.2 Å². The van der Waals surface area contributed by atoms with Gasteiger partial charge in [0.05, 0.1) is 10.9 Å². The predicted octanol–water partition coefficient (Wildman–Crippen LogP) is 0.428. The first-order chi connectivity index (χ1) is 10.2. The molecule has 7 nitrogen and oxygen atoms in total. The van der Waals surface area contributed by atoms with Crippen LogP contribution in [0.1, 0.15) is 18.6 Å². The van der Waals surface area contributed by atoms with Crippen LogP contribution in [0.5, 0.6) is 0 Å². The molecule has 0 saturated carbocycles. The van der Waals surface area contributed by atoms with Crippen LogP contribution in [-0.4, -0.2) is 49.3 Å². The second-order valence-corrected chi connectivity index (χ2v) is 6.72. The largest absolute Gasteiger partial charge is 0.410 e. The summed E-state index contributed by atoms with van der Waals surface area (Å²) in [6.45, 7) is 0.164. The number of benzene rings is 1. The summed E-state index contributed by atoms with van der Waals surface area (Å²) in [5.41, 5.74) is -0.0352. The zero-order valence-corrected chi connectivity index (χ0v) is 12.8. The van der Waals surface area contributed by atoms with Gasteiger partial charge in [-0.1, -0.05) is 17.3 Å². The summed E-state index contributed by atoms with van der Waals surface area (Å²) in [4.78, 5) is 11.6. The van der Waals surface area contributed by atoms with Gasteiger partial charge >= 0.3 is 0 Å². The molecule has 0 fully saturated rings. The average molecular weight is 332 g/mol. The second kappa shape index (κ2) is 7.32. The first-order valence-corrected chi connectivity index (χ1v) is 8.13. The number of nitrogens with one attached hydrogen (secondary N) is 1. The van der Waals surface area contributed by atoms with Gasteiger partial charge in [0.2, 0.25) is 0 Å². The van der Waals surface area contributed by atoms with Crippen LogP contribution in [0.15, 0.2) is 34.3 Å². The maximum atomic E-state index is 13.0. The van der Waals surface area contributed by atoms with Gasteiger partial charge in [-0.3, -0.25) is 4.79 Å². The van der Waals surface area contributed by atoms with Gasteiger partial charge in [-0.15, -0.1) is 0 Å². The number of aliphatic hydroxyl groups is 1. The van der Waals surface area contributed by atoms with Gasteiger partial charge in [-0.05, 0) is 24.6 Å². The van der Waals surface area contributed by atoms with E-state index in [2.05, 4.69) is 10.5 Å². The Labute approximate surface area is 127 Å². The van der Waals surface area contributed by atoms with Crippen LogP contribution in [0.3, 0.4) is 0 Å². The molecule has 1 aromatic rings. The monoisotopic (exact) mass is 332 g/mol. The molecule has 0 spiro atoms. The number of hydrogen-bond donors (Lipinski definition) is 3. The Morgan fingerprint density at radius 2 is 1.91 bits per heavy atom. The zero-order chi connectivity index (χ0) is 16.9. The van der Waals surface area contributed by atoms with E-state index in [1.165, 1.54) is 31.2 Å². The molecule has 0 saturated heterocycles. The van der Waals surface area contributed by atoms with Gasteiger partial charge in [-0.2, -0.15) is 0 Å². The molecule has 2 atom stereocenters. The number of hydrogen-bond acceptors (Lipinski definition) is 6. The van der Waals surface area contributed by atoms with E-state index in [0.29, 0.717) is 0 Å². The van der Waals surface area contributed by atoms with Crippen molar-refractivity contribution in [3.8, 4) is 0 Å². The number of aliphatic hydroxyl groups excluding tert-OH is 1. The summed E-state index contributed by atoms with van der Waals surface area (Å²) in [6, 6.07) is 3.98. The Hall–Kier alpha value is -2.00. The van der Waals surface area contributed by atoms with Gasteiger partial charge < -0.3 is 15.6 Å². The Balaban J connectivity index is 2.92. The van der Waals surface area contributed by atoms with E-state index in [0.717, 1.165) is 6.26 Å². The molecule has 22 heavy (non-hydrogen) atoms. The number of alkyl halides is 1. The Morgan fingerprint density at radius 3 is 2.32 bits per heavy atom. The summed E-state index contributed by atoms with van der Waals surface area (Å²) >= 11 is 0. The highest BCUT2D eigenvalue weighted by molar-refractivity contribution is 7.90. The van der Waals surface area contributed by atoms with Crippen molar-refractivity contribution in [3.63, 3.8) is 0 Å². The van der Waals surface area contributed by atoms with Crippen molar-refractivity contribution >= 4 is 21.5 Å². The molecule has 0 aliphatic carbocycles. The van der Waals surface area contributed by atoms with E-state index in [9.17, 15) is 22.7 Å². The molecule has 0 heterocycles. The minimum atomic E-state index is -3.37. The number of oxime groups is 1. The van der Waals surface area contributed by atoms with Crippen molar-refractivity contribution in [2.24, 2.45) is 5.16 Å².